The molecule has 1 N–H and O–H groups in total. The normalized spacial score (nSPS) is 10.6. The van der Waals surface area contributed by atoms with Crippen LogP contribution in [-0.4, -0.2) is 34.0 Å². The molecule has 98 valence electrons. The minimum Gasteiger partial charge on any atom is -0.480 e. The van der Waals surface area contributed by atoms with E-state index in [0.29, 0.717) is 18.7 Å². The largest absolute Gasteiger partial charge is 0.480 e. The predicted molar refractivity (Wildman–Crippen MR) is 66.4 cm³/mol. The molecule has 0 aliphatic rings. The van der Waals surface area contributed by atoms with E-state index in [4.69, 9.17) is 5.11 Å². The third kappa shape index (κ3) is 3.53. The molecule has 6 nitrogen and oxygen atoms in total. The zero-order valence-corrected chi connectivity index (χ0v) is 10.4. The summed E-state index contributed by atoms with van der Waals surface area (Å²) in [5.74, 6) is -0.903. The van der Waals surface area contributed by atoms with Gasteiger partial charge in [-0.2, -0.15) is 0 Å². The standard InChI is InChI=1S/C12H16N2O4/c1-3-13(8-12(15)16)7-10-5-4-6-11(9(10)2)14(17)18/h4-6H,3,7-8H2,1-2H3,(H,15,16). The van der Waals surface area contributed by atoms with Crippen LogP contribution in [0.25, 0.3) is 0 Å². The molecule has 0 atom stereocenters. The molecule has 0 amide bonds. The van der Waals surface area contributed by atoms with Crippen LogP contribution in [0.4, 0.5) is 5.69 Å². The van der Waals surface area contributed by atoms with Gasteiger partial charge in [-0.05, 0) is 19.0 Å². The summed E-state index contributed by atoms with van der Waals surface area (Å²) >= 11 is 0. The number of nitro benzene ring substituents is 1. The summed E-state index contributed by atoms with van der Waals surface area (Å²) in [6.45, 7) is 4.45. The summed E-state index contributed by atoms with van der Waals surface area (Å²) < 4.78 is 0. The Kier molecular flexibility index (Phi) is 4.79. The first-order valence-electron chi connectivity index (χ1n) is 5.62. The van der Waals surface area contributed by atoms with E-state index in [-0.39, 0.29) is 12.2 Å². The molecule has 18 heavy (non-hydrogen) atoms. The van der Waals surface area contributed by atoms with Crippen LogP contribution < -0.4 is 0 Å². The summed E-state index contributed by atoms with van der Waals surface area (Å²) in [5, 5.41) is 19.6. The second kappa shape index (κ2) is 6.11. The Morgan fingerprint density at radius 1 is 1.50 bits per heavy atom. The molecule has 1 aromatic rings. The van der Waals surface area contributed by atoms with Gasteiger partial charge in [0.05, 0.1) is 11.5 Å². The lowest BCUT2D eigenvalue weighted by Crippen LogP contribution is -2.29. The third-order valence-corrected chi connectivity index (χ3v) is 2.81. The molecule has 0 unspecified atom stereocenters. The van der Waals surface area contributed by atoms with Crippen LogP contribution in [0.3, 0.4) is 0 Å². The number of nitrogens with zero attached hydrogens (tertiary/aromatic N) is 2. The molecule has 1 rings (SSSR count). The van der Waals surface area contributed by atoms with Crippen LogP contribution in [-0.2, 0) is 11.3 Å². The van der Waals surface area contributed by atoms with Crippen molar-refractivity contribution in [2.45, 2.75) is 20.4 Å². The Morgan fingerprint density at radius 3 is 2.67 bits per heavy atom. The number of hydrogen-bond donors (Lipinski definition) is 1. The van der Waals surface area contributed by atoms with Gasteiger partial charge in [0.15, 0.2) is 0 Å². The maximum absolute atomic E-state index is 10.8. The van der Waals surface area contributed by atoms with Crippen LogP contribution in [0, 0.1) is 17.0 Å². The fraction of sp³-hybridized carbons (Fsp3) is 0.417. The first kappa shape index (κ1) is 14.1. The molecule has 0 fully saturated rings. The number of hydrogen-bond acceptors (Lipinski definition) is 4. The molecule has 1 aromatic carbocycles. The lowest BCUT2D eigenvalue weighted by atomic mass is 10.1. The molecular weight excluding hydrogens is 236 g/mol. The molecule has 0 radical (unpaired) electrons. The molecule has 0 heterocycles. The number of likely N-dealkylation sites (N-methyl/N-ethyl adjacent to an activating group) is 1. The SMILES string of the molecule is CCN(CC(=O)O)Cc1cccc([N+](=O)[O-])c1C. The van der Waals surface area contributed by atoms with Crippen molar-refractivity contribution in [1.29, 1.82) is 0 Å². The predicted octanol–water partition coefficient (Wildman–Crippen LogP) is 1.81. The maximum Gasteiger partial charge on any atom is 0.317 e. The van der Waals surface area contributed by atoms with Gasteiger partial charge < -0.3 is 5.11 Å². The van der Waals surface area contributed by atoms with Crippen molar-refractivity contribution in [3.8, 4) is 0 Å². The van der Waals surface area contributed by atoms with Gasteiger partial charge in [0.2, 0.25) is 0 Å². The number of carboxylic acid groups (broad SMARTS) is 1. The number of carboxylic acids is 1. The number of aliphatic carboxylic acids is 1. The second-order valence-corrected chi connectivity index (χ2v) is 4.02. The smallest absolute Gasteiger partial charge is 0.317 e. The van der Waals surface area contributed by atoms with Crippen LogP contribution in [0.5, 0.6) is 0 Å². The highest BCUT2D eigenvalue weighted by molar-refractivity contribution is 5.69. The van der Waals surface area contributed by atoms with E-state index in [1.165, 1.54) is 6.07 Å². The molecule has 0 aromatic heterocycles. The van der Waals surface area contributed by atoms with Crippen molar-refractivity contribution < 1.29 is 14.8 Å². The van der Waals surface area contributed by atoms with E-state index >= 15 is 0 Å². The van der Waals surface area contributed by atoms with Gasteiger partial charge in [-0.1, -0.05) is 19.1 Å². The summed E-state index contributed by atoms with van der Waals surface area (Å²) in [4.78, 5) is 22.8. The maximum atomic E-state index is 10.8. The Morgan fingerprint density at radius 2 is 2.17 bits per heavy atom. The van der Waals surface area contributed by atoms with Crippen molar-refractivity contribution in [1.82, 2.24) is 4.90 Å². The lowest BCUT2D eigenvalue weighted by molar-refractivity contribution is -0.385. The molecule has 0 bridgehead atoms. The summed E-state index contributed by atoms with van der Waals surface area (Å²) in [6.07, 6.45) is 0. The first-order chi connectivity index (χ1) is 8.45. The summed E-state index contributed by atoms with van der Waals surface area (Å²) in [7, 11) is 0. The fourth-order valence-electron chi connectivity index (χ4n) is 1.75. The average molecular weight is 252 g/mol. The van der Waals surface area contributed by atoms with Gasteiger partial charge >= 0.3 is 5.97 Å². The molecule has 0 saturated heterocycles. The van der Waals surface area contributed by atoms with E-state index in [1.54, 1.807) is 24.0 Å². The van der Waals surface area contributed by atoms with Gasteiger partial charge in [-0.15, -0.1) is 0 Å². The molecule has 0 aliphatic heterocycles. The molecule has 0 saturated carbocycles. The summed E-state index contributed by atoms with van der Waals surface area (Å²) in [5.41, 5.74) is 1.44. The van der Waals surface area contributed by atoms with Gasteiger partial charge in [-0.25, -0.2) is 0 Å². The highest BCUT2D eigenvalue weighted by Gasteiger charge is 2.15. The van der Waals surface area contributed by atoms with E-state index in [9.17, 15) is 14.9 Å². The average Bonchev–Trinajstić information content (AvgIpc) is 2.29. The van der Waals surface area contributed by atoms with Crippen molar-refractivity contribution in [2.24, 2.45) is 0 Å². The quantitative estimate of drug-likeness (QED) is 0.616. The van der Waals surface area contributed by atoms with Gasteiger partial charge in [0.1, 0.15) is 0 Å². The van der Waals surface area contributed by atoms with Gasteiger partial charge in [0, 0.05) is 18.2 Å². The topological polar surface area (TPSA) is 83.7 Å². The monoisotopic (exact) mass is 252 g/mol. The molecule has 0 aliphatic carbocycles. The van der Waals surface area contributed by atoms with Crippen molar-refractivity contribution in [3.63, 3.8) is 0 Å². The number of benzene rings is 1. The van der Waals surface area contributed by atoms with E-state index < -0.39 is 10.9 Å². The van der Waals surface area contributed by atoms with Crippen LogP contribution in [0.2, 0.25) is 0 Å². The highest BCUT2D eigenvalue weighted by Crippen LogP contribution is 2.22. The third-order valence-electron chi connectivity index (χ3n) is 2.81. The lowest BCUT2D eigenvalue weighted by Gasteiger charge is -2.19. The van der Waals surface area contributed by atoms with Crippen molar-refractivity contribution >= 4 is 11.7 Å². The van der Waals surface area contributed by atoms with Crippen molar-refractivity contribution in [3.05, 3.63) is 39.4 Å². The minimum absolute atomic E-state index is 0.0684. The molecular formula is C12H16N2O4. The number of rotatable bonds is 6. The molecule has 0 spiro atoms. The Balaban J connectivity index is 2.93. The Bertz CT molecular complexity index is 459. The van der Waals surface area contributed by atoms with Gasteiger partial charge in [0.25, 0.3) is 5.69 Å². The highest BCUT2D eigenvalue weighted by atomic mass is 16.6. The molecule has 6 heteroatoms. The van der Waals surface area contributed by atoms with Gasteiger partial charge in [-0.3, -0.25) is 19.8 Å². The zero-order valence-electron chi connectivity index (χ0n) is 10.4. The minimum atomic E-state index is -0.903. The number of carbonyl (C=O) groups is 1. The van der Waals surface area contributed by atoms with E-state index in [2.05, 4.69) is 0 Å². The Hall–Kier alpha value is -1.95. The van der Waals surface area contributed by atoms with E-state index in [1.807, 2.05) is 6.92 Å². The second-order valence-electron chi connectivity index (χ2n) is 4.02. The van der Waals surface area contributed by atoms with E-state index in [0.717, 1.165) is 5.56 Å². The van der Waals surface area contributed by atoms with Crippen molar-refractivity contribution in [2.75, 3.05) is 13.1 Å². The zero-order chi connectivity index (χ0) is 13.7. The number of nitro groups is 1. The van der Waals surface area contributed by atoms with Crippen LogP contribution in [0.15, 0.2) is 18.2 Å². The Labute approximate surface area is 105 Å². The fourth-order valence-corrected chi connectivity index (χ4v) is 1.75. The summed E-state index contributed by atoms with van der Waals surface area (Å²) in [6, 6.07) is 4.86. The van der Waals surface area contributed by atoms with Crippen LogP contribution in [0.1, 0.15) is 18.1 Å². The van der Waals surface area contributed by atoms with Crippen LogP contribution >= 0.6 is 0 Å². The first-order valence-corrected chi connectivity index (χ1v) is 5.62.